The van der Waals surface area contributed by atoms with Gasteiger partial charge in [-0.05, 0) is 25.3 Å². The Morgan fingerprint density at radius 3 is 2.52 bits per heavy atom. The Balaban J connectivity index is 0.00000161. The van der Waals surface area contributed by atoms with Crippen LogP contribution in [0.5, 0.6) is 5.75 Å². The van der Waals surface area contributed by atoms with Crippen LogP contribution in [0.25, 0.3) is 0 Å². The Bertz CT molecular complexity index is 491. The maximum atomic E-state index is 13.0. The first-order valence-corrected chi connectivity index (χ1v) is 7.08. The van der Waals surface area contributed by atoms with E-state index in [0.717, 1.165) is 25.3 Å². The van der Waals surface area contributed by atoms with E-state index in [1.165, 1.54) is 12.1 Å². The normalized spacial score (nSPS) is 24.0. The van der Waals surface area contributed by atoms with Gasteiger partial charge in [-0.15, -0.1) is 0 Å². The van der Waals surface area contributed by atoms with Crippen molar-refractivity contribution in [3.8, 4) is 5.75 Å². The Labute approximate surface area is 165 Å². The molecule has 1 heterocycles. The SMILES string of the molecule is F[B-](F)(F)c1ccccc1OC1CCOC2(CCC2)C1.[K+]. The van der Waals surface area contributed by atoms with E-state index in [-0.39, 0.29) is 68.8 Å². The summed E-state index contributed by atoms with van der Waals surface area (Å²) in [6.45, 7) is -4.47. The van der Waals surface area contributed by atoms with Crippen LogP contribution >= 0.6 is 0 Å². The maximum Gasteiger partial charge on any atom is 1.00 e. The fraction of sp³-hybridized carbons (Fsp3) is 0.571. The van der Waals surface area contributed by atoms with Crippen LogP contribution in [0.1, 0.15) is 32.1 Å². The largest absolute Gasteiger partial charge is 1.00 e. The van der Waals surface area contributed by atoms with E-state index in [0.29, 0.717) is 19.4 Å². The van der Waals surface area contributed by atoms with Crippen molar-refractivity contribution in [1.29, 1.82) is 0 Å². The van der Waals surface area contributed by atoms with Gasteiger partial charge in [0.15, 0.2) is 0 Å². The maximum absolute atomic E-state index is 13.0. The summed E-state index contributed by atoms with van der Waals surface area (Å²) in [5.41, 5.74) is -0.761. The van der Waals surface area contributed by atoms with Crippen LogP contribution in [0.4, 0.5) is 12.9 Å². The molecule has 2 fully saturated rings. The van der Waals surface area contributed by atoms with Gasteiger partial charge in [-0.2, -0.15) is 0 Å². The first-order valence-electron chi connectivity index (χ1n) is 7.08. The summed E-state index contributed by atoms with van der Waals surface area (Å²) >= 11 is 0. The summed E-state index contributed by atoms with van der Waals surface area (Å²) in [4.78, 5) is 0. The molecule has 2 aliphatic rings. The minimum absolute atomic E-state index is 0. The van der Waals surface area contributed by atoms with E-state index >= 15 is 0 Å². The Morgan fingerprint density at radius 2 is 1.90 bits per heavy atom. The molecule has 1 aromatic carbocycles. The summed E-state index contributed by atoms with van der Waals surface area (Å²) in [5, 5.41) is 0. The predicted octanol–water partition coefficient (Wildman–Crippen LogP) is 0.225. The molecule has 0 radical (unpaired) electrons. The zero-order chi connectivity index (χ0) is 14.2. The third-order valence-electron chi connectivity index (χ3n) is 4.28. The summed E-state index contributed by atoms with van der Waals surface area (Å²) < 4.78 is 50.4. The second-order valence-corrected chi connectivity index (χ2v) is 5.73. The van der Waals surface area contributed by atoms with Gasteiger partial charge in [0, 0.05) is 12.8 Å². The van der Waals surface area contributed by atoms with Gasteiger partial charge in [-0.3, -0.25) is 0 Å². The van der Waals surface area contributed by atoms with Crippen molar-refractivity contribution in [2.45, 2.75) is 43.8 Å². The quantitative estimate of drug-likeness (QED) is 0.741. The minimum atomic E-state index is -5.04. The molecule has 0 bridgehead atoms. The zero-order valence-corrected chi connectivity index (χ0v) is 15.3. The molecular weight excluding hydrogens is 307 g/mol. The van der Waals surface area contributed by atoms with Crippen molar-refractivity contribution < 1.29 is 73.8 Å². The number of ether oxygens (including phenoxy) is 2. The van der Waals surface area contributed by atoms with Crippen LogP contribution < -0.4 is 61.6 Å². The molecule has 1 aliphatic heterocycles. The van der Waals surface area contributed by atoms with E-state index in [1.54, 1.807) is 6.07 Å². The summed E-state index contributed by atoms with van der Waals surface area (Å²) in [5.74, 6) is -0.0404. The average Bonchev–Trinajstić information content (AvgIpc) is 2.37. The number of halogens is 3. The predicted molar refractivity (Wildman–Crippen MR) is 71.3 cm³/mol. The standard InChI is InChI=1S/C14H17BF3O2.K/c16-15(17,18)12-4-1-2-5-13(12)20-11-6-9-19-14(10-11)7-3-8-14;/h1-2,4-5,11H,3,6-10H2;/q-1;+1. The molecule has 1 atom stereocenters. The summed E-state index contributed by atoms with van der Waals surface area (Å²) in [7, 11) is 0. The second-order valence-electron chi connectivity index (χ2n) is 5.73. The Hall–Kier alpha value is 0.471. The second kappa shape index (κ2) is 6.93. The molecule has 1 saturated heterocycles. The number of hydrogen-bond donors (Lipinski definition) is 0. The van der Waals surface area contributed by atoms with E-state index in [9.17, 15) is 12.9 Å². The van der Waals surface area contributed by atoms with E-state index < -0.39 is 12.4 Å². The van der Waals surface area contributed by atoms with Crippen molar-refractivity contribution in [1.82, 2.24) is 0 Å². The number of rotatable bonds is 3. The van der Waals surface area contributed by atoms with Crippen molar-refractivity contribution in [2.24, 2.45) is 0 Å². The first-order chi connectivity index (χ1) is 9.49. The molecule has 0 aromatic heterocycles. The van der Waals surface area contributed by atoms with E-state index in [1.807, 2.05) is 0 Å². The molecule has 3 rings (SSSR count). The molecule has 2 nitrogen and oxygen atoms in total. The van der Waals surface area contributed by atoms with Crippen LogP contribution in [0.3, 0.4) is 0 Å². The number of benzene rings is 1. The van der Waals surface area contributed by atoms with Gasteiger partial charge in [0.1, 0.15) is 6.10 Å². The fourth-order valence-corrected chi connectivity index (χ4v) is 3.04. The minimum Gasteiger partial charge on any atom is -0.493 e. The molecule has 1 aromatic rings. The van der Waals surface area contributed by atoms with Gasteiger partial charge in [-0.1, -0.05) is 23.7 Å². The van der Waals surface area contributed by atoms with E-state index in [4.69, 9.17) is 9.47 Å². The van der Waals surface area contributed by atoms with Crippen LogP contribution in [-0.4, -0.2) is 25.3 Å². The molecule has 21 heavy (non-hydrogen) atoms. The fourth-order valence-electron chi connectivity index (χ4n) is 3.04. The van der Waals surface area contributed by atoms with Crippen LogP contribution in [-0.2, 0) is 4.74 Å². The summed E-state index contributed by atoms with van der Waals surface area (Å²) in [6.07, 6.45) is 4.31. The smallest absolute Gasteiger partial charge is 0.493 e. The molecular formula is C14H17BF3KO2. The molecule has 1 spiro atoms. The van der Waals surface area contributed by atoms with E-state index in [2.05, 4.69) is 0 Å². The zero-order valence-electron chi connectivity index (χ0n) is 12.2. The van der Waals surface area contributed by atoms with Gasteiger partial charge in [0.2, 0.25) is 0 Å². The molecule has 1 aliphatic carbocycles. The molecule has 0 N–H and O–H groups in total. The van der Waals surface area contributed by atoms with Crippen LogP contribution in [0.2, 0.25) is 0 Å². The molecule has 0 amide bonds. The molecule has 7 heteroatoms. The van der Waals surface area contributed by atoms with Crippen LogP contribution in [0, 0.1) is 0 Å². The summed E-state index contributed by atoms with van der Waals surface area (Å²) in [6, 6.07) is 5.48. The van der Waals surface area contributed by atoms with Gasteiger partial charge in [-0.25, -0.2) is 0 Å². The average molecular weight is 324 g/mol. The molecule has 1 saturated carbocycles. The van der Waals surface area contributed by atoms with Gasteiger partial charge in [0.25, 0.3) is 0 Å². The molecule has 1 unspecified atom stereocenters. The number of hydrogen-bond acceptors (Lipinski definition) is 2. The third kappa shape index (κ3) is 4.06. The third-order valence-corrected chi connectivity index (χ3v) is 4.28. The monoisotopic (exact) mass is 324 g/mol. The van der Waals surface area contributed by atoms with Gasteiger partial charge < -0.3 is 22.4 Å². The van der Waals surface area contributed by atoms with Crippen molar-refractivity contribution in [3.05, 3.63) is 24.3 Å². The first kappa shape index (κ1) is 17.8. The van der Waals surface area contributed by atoms with Gasteiger partial charge >= 0.3 is 58.4 Å². The van der Waals surface area contributed by atoms with Crippen molar-refractivity contribution in [2.75, 3.05) is 6.61 Å². The van der Waals surface area contributed by atoms with Gasteiger partial charge in [0.05, 0.1) is 18.0 Å². The number of para-hydroxylation sites is 1. The topological polar surface area (TPSA) is 18.5 Å². The van der Waals surface area contributed by atoms with Crippen molar-refractivity contribution in [3.63, 3.8) is 0 Å². The van der Waals surface area contributed by atoms with Crippen molar-refractivity contribution >= 4 is 12.4 Å². The molecule has 110 valence electrons. The van der Waals surface area contributed by atoms with Crippen LogP contribution in [0.15, 0.2) is 24.3 Å². The Kier molecular flexibility index (Phi) is 5.88. The Morgan fingerprint density at radius 1 is 1.19 bits per heavy atom.